The molecule has 0 radical (unpaired) electrons. The van der Waals surface area contributed by atoms with Gasteiger partial charge in [-0.25, -0.2) is 9.78 Å². The largest absolute Gasteiger partial charge is 0.494 e. The average molecular weight is 564 g/mol. The zero-order valence-corrected chi connectivity index (χ0v) is 23.7. The third-order valence-corrected chi connectivity index (χ3v) is 6.62. The Balaban J connectivity index is 1.11. The molecule has 0 aliphatic carbocycles. The fraction of sp³-hybridized carbons (Fsp3) is 0.355. The fourth-order valence-corrected chi connectivity index (χ4v) is 4.68. The van der Waals surface area contributed by atoms with Crippen molar-refractivity contribution in [1.29, 1.82) is 0 Å². The van der Waals surface area contributed by atoms with Crippen molar-refractivity contribution >= 4 is 28.8 Å². The highest BCUT2D eigenvalue weighted by molar-refractivity contribution is 6.30. The molecular weight excluding hydrogens is 530 g/mol. The molecule has 1 N–H and O–H groups in total. The number of nitrogens with one attached hydrogen (secondary N) is 1. The summed E-state index contributed by atoms with van der Waals surface area (Å²) in [4.78, 5) is 19.0. The van der Waals surface area contributed by atoms with Crippen molar-refractivity contribution < 1.29 is 23.4 Å². The summed E-state index contributed by atoms with van der Waals surface area (Å²) in [6.45, 7) is 8.85. The first-order chi connectivity index (χ1) is 19.2. The van der Waals surface area contributed by atoms with Gasteiger partial charge in [-0.05, 0) is 88.2 Å². The quantitative estimate of drug-likeness (QED) is 0.214. The summed E-state index contributed by atoms with van der Waals surface area (Å²) in [5.74, 6) is 2.62. The van der Waals surface area contributed by atoms with Gasteiger partial charge < -0.3 is 28.8 Å². The van der Waals surface area contributed by atoms with E-state index in [1.54, 1.807) is 12.1 Å². The van der Waals surface area contributed by atoms with Crippen LogP contribution in [-0.2, 0) is 4.74 Å². The molecule has 1 aliphatic rings. The van der Waals surface area contributed by atoms with Gasteiger partial charge in [-0.3, -0.25) is 0 Å². The first-order valence-corrected chi connectivity index (χ1v) is 13.9. The highest BCUT2D eigenvalue weighted by Crippen LogP contribution is 2.31. The molecule has 4 aromatic rings. The maximum atomic E-state index is 12.0. The van der Waals surface area contributed by atoms with E-state index in [1.165, 1.54) is 0 Å². The number of aromatic nitrogens is 1. The molecule has 1 saturated heterocycles. The monoisotopic (exact) mass is 563 g/mol. The number of fused-ring (bicyclic) bond motifs is 1. The van der Waals surface area contributed by atoms with Crippen LogP contribution in [0.5, 0.6) is 17.2 Å². The van der Waals surface area contributed by atoms with Crippen LogP contribution in [0.3, 0.4) is 0 Å². The van der Waals surface area contributed by atoms with Crippen LogP contribution in [0, 0.1) is 0 Å². The Kier molecular flexibility index (Phi) is 8.47. The van der Waals surface area contributed by atoms with Crippen molar-refractivity contribution in [3.63, 3.8) is 0 Å². The molecule has 1 amide bonds. The summed E-state index contributed by atoms with van der Waals surface area (Å²) in [7, 11) is 0. The lowest BCUT2D eigenvalue weighted by atomic mass is 10.2. The summed E-state index contributed by atoms with van der Waals surface area (Å²) < 4.78 is 23.4. The number of carbonyl (C=O) groups excluding carboxylic acids is 1. The van der Waals surface area contributed by atoms with Crippen molar-refractivity contribution in [1.82, 2.24) is 15.2 Å². The first kappa shape index (κ1) is 27.8. The second kappa shape index (κ2) is 12.2. The molecule has 3 aromatic carbocycles. The van der Waals surface area contributed by atoms with Gasteiger partial charge in [0.05, 0.1) is 6.61 Å². The number of hydrogen-bond donors (Lipinski definition) is 1. The molecule has 1 atom stereocenters. The van der Waals surface area contributed by atoms with Crippen LogP contribution >= 0.6 is 11.6 Å². The SMILES string of the molecule is CC(C)(C)OC(=O)N[C@@H]1CCN(CCCOc2cccc(-c3nc4ccc(Oc5ccc(Cl)cc5)cc4o3)c2)C1. The van der Waals surface area contributed by atoms with Gasteiger partial charge in [-0.1, -0.05) is 17.7 Å². The van der Waals surface area contributed by atoms with E-state index >= 15 is 0 Å². The summed E-state index contributed by atoms with van der Waals surface area (Å²) in [5.41, 5.74) is 1.73. The van der Waals surface area contributed by atoms with Crippen molar-refractivity contribution in [3.05, 3.63) is 71.8 Å². The van der Waals surface area contributed by atoms with Crippen molar-refractivity contribution in [2.75, 3.05) is 26.2 Å². The second-order valence-electron chi connectivity index (χ2n) is 10.9. The fourth-order valence-electron chi connectivity index (χ4n) is 4.56. The average Bonchev–Trinajstić information content (AvgIpc) is 3.53. The minimum atomic E-state index is -0.492. The molecule has 1 aromatic heterocycles. The van der Waals surface area contributed by atoms with E-state index in [1.807, 2.05) is 75.4 Å². The Labute approximate surface area is 239 Å². The van der Waals surface area contributed by atoms with Crippen molar-refractivity contribution in [2.24, 2.45) is 0 Å². The predicted molar refractivity (Wildman–Crippen MR) is 155 cm³/mol. The topological polar surface area (TPSA) is 86.1 Å². The lowest BCUT2D eigenvalue weighted by Crippen LogP contribution is -2.40. The van der Waals surface area contributed by atoms with Gasteiger partial charge in [-0.15, -0.1) is 0 Å². The molecule has 5 rings (SSSR count). The summed E-state index contributed by atoms with van der Waals surface area (Å²) in [6, 6.07) is 20.6. The van der Waals surface area contributed by atoms with Gasteiger partial charge in [0.2, 0.25) is 5.89 Å². The smallest absolute Gasteiger partial charge is 0.407 e. The molecule has 8 nitrogen and oxygen atoms in total. The van der Waals surface area contributed by atoms with Crippen molar-refractivity contribution in [3.8, 4) is 28.7 Å². The van der Waals surface area contributed by atoms with Gasteiger partial charge in [0.15, 0.2) is 5.58 Å². The van der Waals surface area contributed by atoms with E-state index in [4.69, 9.17) is 30.2 Å². The minimum Gasteiger partial charge on any atom is -0.494 e. The zero-order valence-electron chi connectivity index (χ0n) is 23.0. The number of benzene rings is 3. The lowest BCUT2D eigenvalue weighted by molar-refractivity contribution is 0.0505. The van der Waals surface area contributed by atoms with Gasteiger partial charge in [0, 0.05) is 42.3 Å². The van der Waals surface area contributed by atoms with E-state index in [-0.39, 0.29) is 12.1 Å². The van der Waals surface area contributed by atoms with Crippen LogP contribution < -0.4 is 14.8 Å². The number of hydrogen-bond acceptors (Lipinski definition) is 7. The maximum absolute atomic E-state index is 12.0. The second-order valence-corrected chi connectivity index (χ2v) is 11.3. The number of rotatable bonds is 9. The van der Waals surface area contributed by atoms with Crippen LogP contribution in [0.15, 0.2) is 71.1 Å². The number of ether oxygens (including phenoxy) is 3. The summed E-state index contributed by atoms with van der Waals surface area (Å²) in [6.07, 6.45) is 1.44. The molecule has 0 unspecified atom stereocenters. The number of nitrogens with zero attached hydrogens (tertiary/aromatic N) is 2. The van der Waals surface area contributed by atoms with Crippen molar-refractivity contribution in [2.45, 2.75) is 45.3 Å². The molecule has 40 heavy (non-hydrogen) atoms. The molecule has 2 heterocycles. The number of likely N-dealkylation sites (tertiary alicyclic amines) is 1. The van der Waals surface area contributed by atoms with Crippen LogP contribution in [0.1, 0.15) is 33.6 Å². The Morgan fingerprint density at radius 3 is 2.67 bits per heavy atom. The number of amides is 1. The van der Waals surface area contributed by atoms with E-state index < -0.39 is 5.60 Å². The van der Waals surface area contributed by atoms with Gasteiger partial charge in [-0.2, -0.15) is 0 Å². The highest BCUT2D eigenvalue weighted by Gasteiger charge is 2.25. The number of carbonyl (C=O) groups is 1. The Morgan fingerprint density at radius 1 is 1.07 bits per heavy atom. The molecule has 1 aliphatic heterocycles. The third kappa shape index (κ3) is 7.67. The normalized spacial score (nSPS) is 15.8. The first-order valence-electron chi connectivity index (χ1n) is 13.5. The van der Waals surface area contributed by atoms with Crippen LogP contribution in [0.25, 0.3) is 22.6 Å². The molecule has 1 fully saturated rings. The standard InChI is InChI=1S/C31H34ClN3O5/c1-31(2,3)40-30(36)33-23-14-16-35(20-23)15-5-17-37-25-7-4-6-21(18-25)29-34-27-13-12-26(19-28(27)39-29)38-24-10-8-22(32)9-11-24/h4,6-13,18-19,23H,5,14-17,20H2,1-3H3,(H,33,36)/t23-/m1/s1. The third-order valence-electron chi connectivity index (χ3n) is 6.37. The molecule has 9 heteroatoms. The molecular formula is C31H34ClN3O5. The van der Waals surface area contributed by atoms with Crippen LogP contribution in [0.2, 0.25) is 5.02 Å². The Bertz CT molecular complexity index is 1450. The molecule has 0 saturated carbocycles. The number of halogens is 1. The lowest BCUT2D eigenvalue weighted by Gasteiger charge is -2.22. The minimum absolute atomic E-state index is 0.115. The van der Waals surface area contributed by atoms with E-state index in [0.717, 1.165) is 49.3 Å². The Morgan fingerprint density at radius 2 is 1.88 bits per heavy atom. The van der Waals surface area contributed by atoms with Crippen LogP contribution in [-0.4, -0.2) is 53.9 Å². The highest BCUT2D eigenvalue weighted by atomic mass is 35.5. The summed E-state index contributed by atoms with van der Waals surface area (Å²) >= 11 is 5.96. The van der Waals surface area contributed by atoms with Gasteiger partial charge in [0.25, 0.3) is 0 Å². The Hall–Kier alpha value is -3.75. The molecule has 0 bridgehead atoms. The van der Waals surface area contributed by atoms with E-state index in [0.29, 0.717) is 34.6 Å². The maximum Gasteiger partial charge on any atom is 0.407 e. The van der Waals surface area contributed by atoms with E-state index in [2.05, 4.69) is 15.2 Å². The van der Waals surface area contributed by atoms with Gasteiger partial charge in [0.1, 0.15) is 28.4 Å². The number of alkyl carbamates (subject to hydrolysis) is 1. The van der Waals surface area contributed by atoms with Crippen LogP contribution in [0.4, 0.5) is 4.79 Å². The predicted octanol–water partition coefficient (Wildman–Crippen LogP) is 7.31. The van der Waals surface area contributed by atoms with Gasteiger partial charge >= 0.3 is 6.09 Å². The molecule has 0 spiro atoms. The summed E-state index contributed by atoms with van der Waals surface area (Å²) in [5, 5.41) is 3.62. The zero-order chi connectivity index (χ0) is 28.1. The van der Waals surface area contributed by atoms with E-state index in [9.17, 15) is 4.79 Å². The number of oxazole rings is 1. The molecule has 210 valence electrons.